The van der Waals surface area contributed by atoms with Gasteiger partial charge in [-0.2, -0.15) is 8.42 Å². The molecule has 0 aromatic rings. The third-order valence-electron chi connectivity index (χ3n) is 0.258. The van der Waals surface area contributed by atoms with Crippen LogP contribution in [0.4, 0.5) is 0 Å². The van der Waals surface area contributed by atoms with Crippen molar-refractivity contribution in [3.05, 3.63) is 0 Å². The molecule has 0 saturated heterocycles. The van der Waals surface area contributed by atoms with Crippen LogP contribution in [0.25, 0.3) is 0 Å². The summed E-state index contributed by atoms with van der Waals surface area (Å²) in [6.07, 6.45) is 0. The van der Waals surface area contributed by atoms with Gasteiger partial charge in [0, 0.05) is 0 Å². The second-order valence-electron chi connectivity index (χ2n) is 0.928. The second kappa shape index (κ2) is 3.20. The quantitative estimate of drug-likeness (QED) is 0.226. The van der Waals surface area contributed by atoms with Crippen molar-refractivity contribution >= 4 is 21.6 Å². The minimum atomic E-state index is -4.43. The largest absolute Gasteiger partial charge is 0.347 e. The van der Waals surface area contributed by atoms with Gasteiger partial charge < -0.3 is 0 Å². The Morgan fingerprint density at radius 1 is 1.44 bits per heavy atom. The average Bonchev–Trinajstić information content (AvgIpc) is 1.59. The molecule has 0 saturated carbocycles. The van der Waals surface area contributed by atoms with Gasteiger partial charge in [0.25, 0.3) is 0 Å². The molecule has 0 heterocycles. The van der Waals surface area contributed by atoms with Gasteiger partial charge in [0.1, 0.15) is 0 Å². The Morgan fingerprint density at radius 2 is 1.89 bits per heavy atom. The van der Waals surface area contributed by atoms with E-state index < -0.39 is 21.6 Å². The molecule has 9 heteroatoms. The van der Waals surface area contributed by atoms with Crippen LogP contribution in [0.3, 0.4) is 0 Å². The molecule has 0 radical (unpaired) electrons. The van der Waals surface area contributed by atoms with E-state index in [1.807, 2.05) is 0 Å². The maximum Gasteiger partial charge on any atom is 0.347 e. The van der Waals surface area contributed by atoms with Crippen molar-refractivity contribution in [3.8, 4) is 0 Å². The molecule has 0 aliphatic carbocycles. The minimum Gasteiger partial charge on any atom is -0.293 e. The Balaban J connectivity index is 3.67. The normalized spacial score (nSPS) is 15.3. The second-order valence-corrected chi connectivity index (χ2v) is 2.79. The van der Waals surface area contributed by atoms with E-state index in [0.29, 0.717) is 0 Å². The van der Waals surface area contributed by atoms with Gasteiger partial charge >= 0.3 is 10.3 Å². The van der Waals surface area contributed by atoms with Gasteiger partial charge in [-0.15, -0.1) is 9.66 Å². The summed E-state index contributed by atoms with van der Waals surface area (Å²) in [7, 11) is -4.43. The van der Waals surface area contributed by atoms with Gasteiger partial charge in [-0.25, -0.2) is 4.21 Å². The topological polar surface area (TPSA) is 116 Å². The fourth-order valence-electron chi connectivity index (χ4n) is 0.0883. The third kappa shape index (κ3) is 7.94. The lowest BCUT2D eigenvalue weighted by Gasteiger charge is -1.95. The summed E-state index contributed by atoms with van der Waals surface area (Å²) in [4.78, 5) is 2.47. The summed E-state index contributed by atoms with van der Waals surface area (Å²) in [5.74, 6) is 0. The molecule has 0 fully saturated rings. The molecule has 7 nitrogen and oxygen atoms in total. The first-order valence-corrected chi connectivity index (χ1v) is 4.07. The molecule has 0 amide bonds. The maximum absolute atomic E-state index is 9.67. The van der Waals surface area contributed by atoms with Gasteiger partial charge in [-0.3, -0.25) is 9.11 Å². The Bertz CT molecular complexity index is 191. The van der Waals surface area contributed by atoms with Crippen molar-refractivity contribution in [1.29, 1.82) is 0 Å². The summed E-state index contributed by atoms with van der Waals surface area (Å²) >= 11 is -2.51. The van der Waals surface area contributed by atoms with Crippen LogP contribution in [0.1, 0.15) is 0 Å². The third-order valence-corrected chi connectivity index (χ3v) is 1.02. The summed E-state index contributed by atoms with van der Waals surface area (Å²) in [6, 6.07) is 0. The molecule has 0 aliphatic heterocycles. The summed E-state index contributed by atoms with van der Waals surface area (Å²) in [5.41, 5.74) is 0. The molecule has 0 aromatic carbocycles. The first-order valence-electron chi connectivity index (χ1n) is 1.52. The van der Waals surface area contributed by atoms with Crippen molar-refractivity contribution in [2.45, 2.75) is 0 Å². The first-order chi connectivity index (χ1) is 3.92. The molecule has 0 aliphatic rings. The molecule has 1 atom stereocenters. The molecule has 4 N–H and O–H groups in total. The molecule has 0 spiro atoms. The lowest BCUT2D eigenvalue weighted by Crippen LogP contribution is -2.37. The van der Waals surface area contributed by atoms with Crippen molar-refractivity contribution < 1.29 is 21.7 Å². The summed E-state index contributed by atoms with van der Waals surface area (Å²) in [6.45, 7) is 0. The molecule has 0 rings (SSSR count). The Morgan fingerprint density at radius 3 is 2.00 bits per heavy atom. The highest BCUT2D eigenvalue weighted by molar-refractivity contribution is 7.85. The minimum absolute atomic E-state index is 1.15. The molecule has 0 aromatic heterocycles. The highest BCUT2D eigenvalue weighted by Crippen LogP contribution is 1.66. The van der Waals surface area contributed by atoms with Crippen molar-refractivity contribution in [1.82, 2.24) is 9.66 Å². The number of rotatable bonds is 3. The van der Waals surface area contributed by atoms with E-state index in [4.69, 9.17) is 9.11 Å². The van der Waals surface area contributed by atoms with E-state index in [1.165, 1.54) is 4.83 Å². The Labute approximate surface area is 53.7 Å². The van der Waals surface area contributed by atoms with Gasteiger partial charge in [-0.1, -0.05) is 0 Å². The fraction of sp³-hybridized carbons (Fsp3) is 0. The van der Waals surface area contributed by atoms with E-state index >= 15 is 0 Å². The van der Waals surface area contributed by atoms with Crippen molar-refractivity contribution in [2.24, 2.45) is 0 Å². The van der Waals surface area contributed by atoms with Gasteiger partial charge in [-0.05, 0) is 0 Å². The molecule has 9 heavy (non-hydrogen) atoms. The van der Waals surface area contributed by atoms with Crippen LogP contribution >= 0.6 is 0 Å². The van der Waals surface area contributed by atoms with Crippen LogP contribution in [0.2, 0.25) is 0 Å². The van der Waals surface area contributed by atoms with E-state index in [0.717, 1.165) is 4.83 Å². The van der Waals surface area contributed by atoms with Crippen LogP contribution in [0, 0.1) is 0 Å². The molecule has 1 unspecified atom stereocenters. The summed E-state index contributed by atoms with van der Waals surface area (Å²) in [5, 5.41) is 0. The number of hydrogen-bond donors (Lipinski definition) is 4. The maximum atomic E-state index is 9.67. The lowest BCUT2D eigenvalue weighted by molar-refractivity contribution is 0.459. The van der Waals surface area contributed by atoms with Gasteiger partial charge in [0.05, 0.1) is 0 Å². The van der Waals surface area contributed by atoms with E-state index in [9.17, 15) is 12.6 Å². The zero-order valence-corrected chi connectivity index (χ0v) is 5.57. The highest BCUT2D eigenvalue weighted by Gasteiger charge is 2.01. The zero-order chi connectivity index (χ0) is 7.49. The standard InChI is InChI=1S/H4N2O5S2/c3-8(4)1-2-9(5,6)7/h1-2H,(H,3,4)(H,5,6,7). The predicted molar refractivity (Wildman–Crippen MR) is 28.6 cm³/mol. The first kappa shape index (κ1) is 8.94. The molecular weight excluding hydrogens is 172 g/mol. The average molecular weight is 176 g/mol. The molecular formula is H4N2O5S2. The Kier molecular flexibility index (Phi) is 3.17. The smallest absolute Gasteiger partial charge is 0.293 e. The zero-order valence-electron chi connectivity index (χ0n) is 3.94. The molecule has 0 bridgehead atoms. The Hall–Kier alpha value is -0.0600. The fourth-order valence-corrected chi connectivity index (χ4v) is 0.795. The number of nitrogens with one attached hydrogen (secondary N) is 2. The van der Waals surface area contributed by atoms with Gasteiger partial charge in [0.2, 0.25) is 11.3 Å². The number of hydrazine groups is 1. The van der Waals surface area contributed by atoms with Crippen LogP contribution in [0.5, 0.6) is 0 Å². The summed E-state index contributed by atoms with van der Waals surface area (Å²) < 4.78 is 44.6. The SMILES string of the molecule is O=S(O)NNS(=O)(=O)O. The van der Waals surface area contributed by atoms with E-state index in [-0.39, 0.29) is 0 Å². The van der Waals surface area contributed by atoms with E-state index in [1.54, 1.807) is 0 Å². The lowest BCUT2D eigenvalue weighted by atomic mass is 13.0. The molecule has 56 valence electrons. The van der Waals surface area contributed by atoms with Gasteiger partial charge in [0.15, 0.2) is 0 Å². The predicted octanol–water partition coefficient (Wildman–Crippen LogP) is -1.98. The van der Waals surface area contributed by atoms with E-state index in [2.05, 4.69) is 0 Å². The van der Waals surface area contributed by atoms with Crippen LogP contribution in [-0.2, 0) is 21.6 Å². The van der Waals surface area contributed by atoms with Crippen LogP contribution in [0.15, 0.2) is 0 Å². The highest BCUT2D eigenvalue weighted by atomic mass is 32.2. The van der Waals surface area contributed by atoms with Crippen molar-refractivity contribution in [3.63, 3.8) is 0 Å². The van der Waals surface area contributed by atoms with Crippen LogP contribution < -0.4 is 9.66 Å². The van der Waals surface area contributed by atoms with Crippen LogP contribution in [-0.4, -0.2) is 21.7 Å². The monoisotopic (exact) mass is 176 g/mol. The number of hydrogen-bond acceptors (Lipinski definition) is 3. The van der Waals surface area contributed by atoms with Crippen molar-refractivity contribution in [2.75, 3.05) is 0 Å².